The van der Waals surface area contributed by atoms with Crippen molar-refractivity contribution in [2.24, 2.45) is 10.7 Å². The van der Waals surface area contributed by atoms with Crippen molar-refractivity contribution in [3.8, 4) is 0 Å². The summed E-state index contributed by atoms with van der Waals surface area (Å²) in [6.45, 7) is 1.91. The Labute approximate surface area is 238 Å². The highest BCUT2D eigenvalue weighted by Crippen LogP contribution is 2.20. The van der Waals surface area contributed by atoms with Crippen molar-refractivity contribution in [1.29, 1.82) is 0 Å². The zero-order valence-corrected chi connectivity index (χ0v) is 23.2. The predicted octanol–water partition coefficient (Wildman–Crippen LogP) is -1.68. The van der Waals surface area contributed by atoms with Gasteiger partial charge in [-0.3, -0.25) is 29.0 Å². The van der Waals surface area contributed by atoms with Gasteiger partial charge in [-0.1, -0.05) is 12.2 Å². The van der Waals surface area contributed by atoms with Crippen LogP contribution < -0.4 is 27.2 Å². The highest BCUT2D eigenvalue weighted by Gasteiger charge is 2.36. The number of hydrogen-bond acceptors (Lipinski definition) is 11. The third kappa shape index (κ3) is 9.84. The van der Waals surface area contributed by atoms with Gasteiger partial charge in [-0.2, -0.15) is 5.48 Å². The van der Waals surface area contributed by atoms with Crippen molar-refractivity contribution in [2.75, 3.05) is 26.3 Å². The quantitative estimate of drug-likeness (QED) is 0.224. The Hall–Kier alpha value is -4.01. The molecule has 3 heterocycles. The number of Topliss-reactive ketones (excluding diaryl/α,β-unsaturated/α-hetero) is 1. The van der Waals surface area contributed by atoms with Gasteiger partial charge in [-0.05, 0) is 45.4 Å². The number of carbonyl (C=O) groups is 6. The molecular weight excluding hydrogens is 538 g/mol. The van der Waals surface area contributed by atoms with E-state index in [0.717, 1.165) is 0 Å². The van der Waals surface area contributed by atoms with Crippen molar-refractivity contribution in [2.45, 2.75) is 82.5 Å². The standard InChI is InChI=1S/C26H39N7O8/c1-16(34)19-15-40-14-4-2-3-9-21(35)33-13-6-8-20(33)25(39)30-17-7-5-12-28-26(27)32-41-22(36)11-10-18(24(38)31-19)29-23(17)37/h2,4,17-20H,3,5-15H2,1H3,(H,29,37)(H,30,39)(H,31,38)(H3,27,28,32)/b4-2+/t17-,18-,19-,20-/m0/s1. The monoisotopic (exact) mass is 577 g/mol. The summed E-state index contributed by atoms with van der Waals surface area (Å²) in [7, 11) is 0. The van der Waals surface area contributed by atoms with Gasteiger partial charge in [0.1, 0.15) is 24.2 Å². The smallest absolute Gasteiger partial charge is 0.332 e. The van der Waals surface area contributed by atoms with Crippen LogP contribution in [0.15, 0.2) is 17.1 Å². The molecule has 0 saturated carbocycles. The number of amides is 4. The average molecular weight is 578 g/mol. The van der Waals surface area contributed by atoms with Gasteiger partial charge >= 0.3 is 5.97 Å². The van der Waals surface area contributed by atoms with Gasteiger partial charge in [0, 0.05) is 19.5 Å². The lowest BCUT2D eigenvalue weighted by Crippen LogP contribution is -2.57. The molecule has 3 aliphatic rings. The number of allylic oxidation sites excluding steroid dienone is 1. The molecule has 0 aromatic heterocycles. The number of rotatable bonds is 1. The number of hydrogen-bond donors (Lipinski definition) is 5. The van der Waals surface area contributed by atoms with Crippen molar-refractivity contribution in [1.82, 2.24) is 26.3 Å². The minimum atomic E-state index is -1.24. The van der Waals surface area contributed by atoms with Crippen LogP contribution in [0.25, 0.3) is 0 Å². The summed E-state index contributed by atoms with van der Waals surface area (Å²) in [5.41, 5.74) is 7.94. The average Bonchev–Trinajstić information content (AvgIpc) is 3.43. The molecule has 3 rings (SSSR count). The maximum atomic E-state index is 13.4. The lowest BCUT2D eigenvalue weighted by Gasteiger charge is -2.28. The molecule has 1 saturated heterocycles. The molecule has 0 spiro atoms. The van der Waals surface area contributed by atoms with E-state index in [9.17, 15) is 28.8 Å². The van der Waals surface area contributed by atoms with E-state index in [1.54, 1.807) is 12.2 Å². The Morgan fingerprint density at radius 1 is 0.951 bits per heavy atom. The Morgan fingerprint density at radius 2 is 1.68 bits per heavy atom. The molecule has 1 fully saturated rings. The molecule has 226 valence electrons. The maximum absolute atomic E-state index is 13.4. The van der Waals surface area contributed by atoms with Gasteiger partial charge in [0.2, 0.25) is 29.6 Å². The van der Waals surface area contributed by atoms with E-state index in [4.69, 9.17) is 15.3 Å². The molecular formula is C26H39N7O8. The van der Waals surface area contributed by atoms with Crippen molar-refractivity contribution < 1.29 is 38.3 Å². The lowest BCUT2D eigenvalue weighted by molar-refractivity contribution is -0.148. The number of ether oxygens (including phenoxy) is 1. The van der Waals surface area contributed by atoms with Crippen LogP contribution in [0.3, 0.4) is 0 Å². The van der Waals surface area contributed by atoms with Crippen LogP contribution in [0.4, 0.5) is 0 Å². The molecule has 2 bridgehead atoms. The second-order valence-corrected chi connectivity index (χ2v) is 10.1. The van der Waals surface area contributed by atoms with Crippen molar-refractivity contribution >= 4 is 41.3 Å². The summed E-state index contributed by atoms with van der Waals surface area (Å²) >= 11 is 0. The first-order chi connectivity index (χ1) is 19.7. The Kier molecular flexibility index (Phi) is 12.1. The normalized spacial score (nSPS) is 29.0. The van der Waals surface area contributed by atoms with Crippen LogP contribution in [-0.2, 0) is 38.3 Å². The Bertz CT molecular complexity index is 1060. The fraction of sp³-hybridized carbons (Fsp3) is 0.654. The minimum Gasteiger partial charge on any atom is -0.375 e. The third-order valence-electron chi connectivity index (χ3n) is 6.98. The number of nitrogens with two attached hydrogens (primary N) is 1. The van der Waals surface area contributed by atoms with Crippen molar-refractivity contribution in [3.05, 3.63) is 12.2 Å². The molecule has 15 heteroatoms. The SMILES string of the molecule is CC(=O)[C@@H]1COC/C=C/CCC(=O)N2CCC[C@H]2C(=O)N[C@H]2CCCN=C(N)NOC(=O)CC[C@H](NC2=O)C(=O)N1. The molecule has 0 aromatic rings. The Morgan fingerprint density at radius 3 is 2.46 bits per heavy atom. The second-order valence-electron chi connectivity index (χ2n) is 10.1. The second kappa shape index (κ2) is 15.7. The van der Waals surface area contributed by atoms with Crippen LogP contribution in [-0.4, -0.2) is 96.7 Å². The highest BCUT2D eigenvalue weighted by molar-refractivity contribution is 5.96. The number of nitrogens with zero attached hydrogens (tertiary/aromatic N) is 2. The van der Waals surface area contributed by atoms with Gasteiger partial charge < -0.3 is 36.2 Å². The maximum Gasteiger partial charge on any atom is 0.332 e. The van der Waals surface area contributed by atoms with E-state index >= 15 is 0 Å². The number of ketones is 1. The first-order valence-electron chi connectivity index (χ1n) is 13.8. The van der Waals surface area contributed by atoms with Gasteiger partial charge in [0.15, 0.2) is 5.78 Å². The molecule has 4 atom stereocenters. The van der Waals surface area contributed by atoms with Crippen molar-refractivity contribution in [3.63, 3.8) is 0 Å². The van der Waals surface area contributed by atoms with Gasteiger partial charge in [0.25, 0.3) is 0 Å². The summed E-state index contributed by atoms with van der Waals surface area (Å²) in [6.07, 6.45) is 5.25. The van der Waals surface area contributed by atoms with Crippen LogP contribution in [0.1, 0.15) is 58.3 Å². The van der Waals surface area contributed by atoms with Crippen LogP contribution in [0.2, 0.25) is 0 Å². The summed E-state index contributed by atoms with van der Waals surface area (Å²) in [5, 5.41) is 7.95. The van der Waals surface area contributed by atoms with E-state index in [1.807, 2.05) is 0 Å². The number of fused-ring (bicyclic) bond motifs is 4. The molecule has 0 aromatic carbocycles. The predicted molar refractivity (Wildman–Crippen MR) is 145 cm³/mol. The summed E-state index contributed by atoms with van der Waals surface area (Å²) in [6, 6.07) is -4.03. The summed E-state index contributed by atoms with van der Waals surface area (Å²) < 4.78 is 5.53. The van der Waals surface area contributed by atoms with E-state index in [0.29, 0.717) is 32.2 Å². The number of aliphatic imine (C=N–C) groups is 1. The zero-order valence-electron chi connectivity index (χ0n) is 23.2. The highest BCUT2D eigenvalue weighted by atomic mass is 16.7. The molecule has 15 nitrogen and oxygen atoms in total. The molecule has 4 amide bonds. The van der Waals surface area contributed by atoms with Gasteiger partial charge in [0.05, 0.1) is 19.6 Å². The van der Waals surface area contributed by atoms with Gasteiger partial charge in [-0.25, -0.2) is 4.79 Å². The molecule has 0 radical (unpaired) electrons. The van der Waals surface area contributed by atoms with Gasteiger partial charge in [-0.15, -0.1) is 0 Å². The summed E-state index contributed by atoms with van der Waals surface area (Å²) in [4.78, 5) is 87.7. The molecule has 6 N–H and O–H groups in total. The first-order valence-corrected chi connectivity index (χ1v) is 13.8. The fourth-order valence-corrected chi connectivity index (χ4v) is 4.69. The van der Waals surface area contributed by atoms with Crippen LogP contribution >= 0.6 is 0 Å². The van der Waals surface area contributed by atoms with Crippen LogP contribution in [0, 0.1) is 0 Å². The zero-order chi connectivity index (χ0) is 29.8. The topological polar surface area (TPSA) is 211 Å². The number of guanidine groups is 1. The molecule has 41 heavy (non-hydrogen) atoms. The molecule has 0 unspecified atom stereocenters. The van der Waals surface area contributed by atoms with E-state index in [1.165, 1.54) is 11.8 Å². The fourth-order valence-electron chi connectivity index (χ4n) is 4.69. The van der Waals surface area contributed by atoms with Crippen LogP contribution in [0.5, 0.6) is 0 Å². The largest absolute Gasteiger partial charge is 0.375 e. The van der Waals surface area contributed by atoms with E-state index < -0.39 is 47.9 Å². The third-order valence-corrected chi connectivity index (χ3v) is 6.98. The molecule has 0 aliphatic carbocycles. The number of nitrogens with one attached hydrogen (secondary N) is 4. The van der Waals surface area contributed by atoms with E-state index in [2.05, 4.69) is 26.4 Å². The summed E-state index contributed by atoms with van der Waals surface area (Å²) in [5.74, 6) is -3.27. The first kappa shape index (κ1) is 31.5. The minimum absolute atomic E-state index is 0.121. The number of hydroxylamine groups is 1. The number of carbonyl (C=O) groups excluding carboxylic acids is 6. The molecule has 3 aliphatic heterocycles. The van der Waals surface area contributed by atoms with E-state index in [-0.39, 0.29) is 63.1 Å². The Balaban J connectivity index is 1.90. The lowest BCUT2D eigenvalue weighted by atomic mass is 10.1.